The van der Waals surface area contributed by atoms with E-state index < -0.39 is 0 Å². The zero-order chi connectivity index (χ0) is 23.8. The second-order valence-electron chi connectivity index (χ2n) is 8.00. The summed E-state index contributed by atoms with van der Waals surface area (Å²) in [7, 11) is 3.17. The minimum atomic E-state index is -0.371. The van der Waals surface area contributed by atoms with E-state index in [1.807, 2.05) is 44.3 Å². The summed E-state index contributed by atoms with van der Waals surface area (Å²) >= 11 is 0. The van der Waals surface area contributed by atoms with Gasteiger partial charge in [-0.05, 0) is 35.9 Å². The zero-order valence-corrected chi connectivity index (χ0v) is 18.9. The molecule has 0 saturated carbocycles. The van der Waals surface area contributed by atoms with Crippen LogP contribution in [0.25, 0.3) is 16.9 Å². The number of ether oxygens (including phenoxy) is 1. The fourth-order valence-electron chi connectivity index (χ4n) is 3.77. The number of tetrazole rings is 1. The molecule has 0 spiro atoms. The van der Waals surface area contributed by atoms with E-state index in [4.69, 9.17) is 4.74 Å². The highest BCUT2D eigenvalue weighted by Gasteiger charge is 2.34. The highest BCUT2D eigenvalue weighted by molar-refractivity contribution is 6.09. The lowest BCUT2D eigenvalue weighted by Gasteiger charge is -2.36. The number of aromatic nitrogens is 6. The van der Waals surface area contributed by atoms with Crippen LogP contribution in [-0.4, -0.2) is 74.0 Å². The number of methoxy groups -OCH3 is 1. The SMILES string of the molecule is CNc1ccn2ncc(C(=O)Nc3cc(-c4nnn(C5CN(C(=O)OC)C5)n4)ccc3C)c2c1. The zero-order valence-electron chi connectivity index (χ0n) is 18.9. The summed E-state index contributed by atoms with van der Waals surface area (Å²) in [5.41, 5.74) is 4.30. The van der Waals surface area contributed by atoms with Crippen LogP contribution in [0.5, 0.6) is 0 Å². The third-order valence-corrected chi connectivity index (χ3v) is 5.85. The quantitative estimate of drug-likeness (QED) is 0.462. The summed E-state index contributed by atoms with van der Waals surface area (Å²) in [5.74, 6) is 0.166. The first kappa shape index (κ1) is 21.4. The number of anilines is 2. The van der Waals surface area contributed by atoms with Crippen molar-refractivity contribution in [1.29, 1.82) is 0 Å². The van der Waals surface area contributed by atoms with Crippen molar-refractivity contribution in [2.45, 2.75) is 13.0 Å². The smallest absolute Gasteiger partial charge is 0.409 e. The second-order valence-corrected chi connectivity index (χ2v) is 8.00. The molecular weight excluding hydrogens is 438 g/mol. The molecule has 4 heterocycles. The highest BCUT2D eigenvalue weighted by atomic mass is 16.5. The van der Waals surface area contributed by atoms with Gasteiger partial charge in [-0.1, -0.05) is 12.1 Å². The summed E-state index contributed by atoms with van der Waals surface area (Å²) in [6, 6.07) is 9.29. The number of nitrogens with zero attached hydrogens (tertiary/aromatic N) is 7. The molecule has 34 heavy (non-hydrogen) atoms. The number of likely N-dealkylation sites (tertiary alicyclic amines) is 1. The first-order chi connectivity index (χ1) is 16.5. The number of carbonyl (C=O) groups excluding carboxylic acids is 2. The number of nitrogens with one attached hydrogen (secondary N) is 2. The maximum atomic E-state index is 13.1. The number of pyridine rings is 1. The Labute approximate surface area is 194 Å². The molecule has 2 amide bonds. The molecule has 1 aliphatic rings. The van der Waals surface area contributed by atoms with Gasteiger partial charge in [0.1, 0.15) is 6.04 Å². The van der Waals surface area contributed by atoms with Gasteiger partial charge in [-0.3, -0.25) is 4.79 Å². The van der Waals surface area contributed by atoms with E-state index in [1.165, 1.54) is 11.9 Å². The Morgan fingerprint density at radius 1 is 1.18 bits per heavy atom. The molecule has 1 aliphatic heterocycles. The Hall–Kier alpha value is -4.48. The van der Waals surface area contributed by atoms with E-state index in [1.54, 1.807) is 21.8 Å². The maximum absolute atomic E-state index is 13.1. The number of hydrogen-bond acceptors (Lipinski definition) is 8. The van der Waals surface area contributed by atoms with Crippen LogP contribution in [-0.2, 0) is 4.74 Å². The molecule has 2 N–H and O–H groups in total. The van der Waals surface area contributed by atoms with E-state index in [0.29, 0.717) is 41.2 Å². The highest BCUT2D eigenvalue weighted by Crippen LogP contribution is 2.26. The fourth-order valence-corrected chi connectivity index (χ4v) is 3.77. The summed E-state index contributed by atoms with van der Waals surface area (Å²) in [4.78, 5) is 27.7. The third-order valence-electron chi connectivity index (χ3n) is 5.85. The molecule has 0 aliphatic carbocycles. The second kappa shape index (κ2) is 8.46. The van der Waals surface area contributed by atoms with Crippen molar-refractivity contribution in [2.24, 2.45) is 0 Å². The van der Waals surface area contributed by atoms with Crippen molar-refractivity contribution in [3.63, 3.8) is 0 Å². The van der Waals surface area contributed by atoms with Crippen LogP contribution in [0, 0.1) is 6.92 Å². The predicted octanol–water partition coefficient (Wildman–Crippen LogP) is 2.21. The Balaban J connectivity index is 1.35. The summed E-state index contributed by atoms with van der Waals surface area (Å²) in [6.45, 7) is 2.84. The van der Waals surface area contributed by atoms with Crippen LogP contribution in [0.2, 0.25) is 0 Å². The van der Waals surface area contributed by atoms with Crippen molar-refractivity contribution in [1.82, 2.24) is 34.7 Å². The normalized spacial score (nSPS) is 13.6. The van der Waals surface area contributed by atoms with E-state index >= 15 is 0 Å². The molecule has 174 valence electrons. The first-order valence-corrected chi connectivity index (χ1v) is 10.7. The minimum absolute atomic E-state index is 0.0527. The Morgan fingerprint density at radius 3 is 2.76 bits per heavy atom. The molecule has 12 nitrogen and oxygen atoms in total. The molecule has 12 heteroatoms. The van der Waals surface area contributed by atoms with E-state index in [0.717, 1.165) is 11.3 Å². The van der Waals surface area contributed by atoms with E-state index in [2.05, 4.69) is 31.1 Å². The lowest BCUT2D eigenvalue weighted by molar-refractivity contribution is 0.0621. The lowest BCUT2D eigenvalue weighted by atomic mass is 10.1. The van der Waals surface area contributed by atoms with Crippen LogP contribution in [0.15, 0.2) is 42.7 Å². The molecule has 1 saturated heterocycles. The average Bonchev–Trinajstić information content (AvgIpc) is 3.46. The lowest BCUT2D eigenvalue weighted by Crippen LogP contribution is -2.51. The maximum Gasteiger partial charge on any atom is 0.409 e. The van der Waals surface area contributed by atoms with Gasteiger partial charge in [-0.2, -0.15) is 9.90 Å². The molecular formula is C22H23N9O3. The number of benzene rings is 1. The predicted molar refractivity (Wildman–Crippen MR) is 124 cm³/mol. The number of fused-ring (bicyclic) bond motifs is 1. The molecule has 1 fully saturated rings. The van der Waals surface area contributed by atoms with Gasteiger partial charge >= 0.3 is 6.09 Å². The van der Waals surface area contributed by atoms with Crippen molar-refractivity contribution < 1.29 is 14.3 Å². The van der Waals surface area contributed by atoms with Crippen LogP contribution < -0.4 is 10.6 Å². The Bertz CT molecular complexity index is 1390. The molecule has 1 aromatic carbocycles. The average molecular weight is 461 g/mol. The van der Waals surface area contributed by atoms with Gasteiger partial charge in [0.25, 0.3) is 5.91 Å². The van der Waals surface area contributed by atoms with Crippen molar-refractivity contribution in [3.8, 4) is 11.4 Å². The van der Waals surface area contributed by atoms with Gasteiger partial charge in [0.15, 0.2) is 0 Å². The van der Waals surface area contributed by atoms with Crippen molar-refractivity contribution >= 4 is 28.9 Å². The molecule has 0 bridgehead atoms. The molecule has 0 atom stereocenters. The fraction of sp³-hybridized carbons (Fsp3) is 0.273. The van der Waals surface area contributed by atoms with Gasteiger partial charge in [0, 0.05) is 30.2 Å². The van der Waals surface area contributed by atoms with Crippen LogP contribution in [0.3, 0.4) is 0 Å². The Morgan fingerprint density at radius 2 is 2.00 bits per heavy atom. The third kappa shape index (κ3) is 3.78. The van der Waals surface area contributed by atoms with Crippen LogP contribution >= 0.6 is 0 Å². The van der Waals surface area contributed by atoms with Crippen molar-refractivity contribution in [3.05, 3.63) is 53.9 Å². The van der Waals surface area contributed by atoms with Crippen LogP contribution in [0.1, 0.15) is 22.0 Å². The summed E-state index contributed by atoms with van der Waals surface area (Å²) < 4.78 is 6.37. The largest absolute Gasteiger partial charge is 0.453 e. The van der Waals surface area contributed by atoms with Gasteiger partial charge in [0.2, 0.25) is 5.82 Å². The standard InChI is InChI=1S/C22H23N9O3/c1-13-4-5-14(20-26-28-31(27-20)16-11-29(12-16)22(33)34-3)8-18(13)25-21(32)17-10-24-30-7-6-15(23-2)9-19(17)30/h4-10,16,23H,11-12H2,1-3H3,(H,25,32). The van der Waals surface area contributed by atoms with Crippen LogP contribution in [0.4, 0.5) is 16.2 Å². The van der Waals surface area contributed by atoms with E-state index in [-0.39, 0.29) is 18.0 Å². The van der Waals surface area contributed by atoms with Gasteiger partial charge in [-0.15, -0.1) is 10.2 Å². The Kier molecular flexibility index (Phi) is 5.32. The molecule has 0 radical (unpaired) electrons. The molecule has 0 unspecified atom stereocenters. The van der Waals surface area contributed by atoms with Gasteiger partial charge in [0.05, 0.1) is 37.5 Å². The molecule has 3 aromatic heterocycles. The first-order valence-electron chi connectivity index (χ1n) is 10.7. The summed E-state index contributed by atoms with van der Waals surface area (Å²) in [5, 5.41) is 23.1. The van der Waals surface area contributed by atoms with Gasteiger partial charge in [-0.25, -0.2) is 9.31 Å². The number of amides is 2. The van der Waals surface area contributed by atoms with Crippen molar-refractivity contribution in [2.75, 3.05) is 37.9 Å². The topological polar surface area (TPSA) is 132 Å². The van der Waals surface area contributed by atoms with E-state index in [9.17, 15) is 9.59 Å². The number of rotatable bonds is 5. The minimum Gasteiger partial charge on any atom is -0.453 e. The monoisotopic (exact) mass is 461 g/mol. The number of carbonyl (C=O) groups is 2. The van der Waals surface area contributed by atoms with Gasteiger partial charge < -0.3 is 20.3 Å². The number of hydrogen-bond donors (Lipinski definition) is 2. The summed E-state index contributed by atoms with van der Waals surface area (Å²) in [6.07, 6.45) is 2.97. The number of aryl methyl sites for hydroxylation is 1. The molecule has 5 rings (SSSR count). The molecule has 4 aromatic rings.